The van der Waals surface area contributed by atoms with Crippen LogP contribution in [0.1, 0.15) is 0 Å². The third-order valence-electron chi connectivity index (χ3n) is 4.83. The number of aromatic amines is 1. The van der Waals surface area contributed by atoms with Crippen molar-refractivity contribution in [1.29, 1.82) is 0 Å². The van der Waals surface area contributed by atoms with E-state index < -0.39 is 11.4 Å². The zero-order valence-electron chi connectivity index (χ0n) is 17.5. The van der Waals surface area contributed by atoms with Crippen molar-refractivity contribution in [1.82, 2.24) is 20.5 Å². The Morgan fingerprint density at radius 1 is 1.22 bits per heavy atom. The molecular formula is C20H28N8O2S2+2. The fourth-order valence-electron chi connectivity index (χ4n) is 3.20. The highest BCUT2D eigenvalue weighted by Gasteiger charge is 2.21. The van der Waals surface area contributed by atoms with Crippen molar-refractivity contribution in [3.05, 3.63) is 48.5 Å². The molecule has 1 fully saturated rings. The second-order valence-electron chi connectivity index (χ2n) is 7.04. The average molecular weight is 477 g/mol. The van der Waals surface area contributed by atoms with Gasteiger partial charge in [-0.2, -0.15) is 15.4 Å². The minimum Gasteiger partial charge on any atom is -0.379 e. The highest BCUT2D eigenvalue weighted by atomic mass is 32.2. The van der Waals surface area contributed by atoms with E-state index in [2.05, 4.69) is 35.9 Å². The van der Waals surface area contributed by atoms with Crippen molar-refractivity contribution >= 4 is 49.7 Å². The molecule has 0 amide bonds. The van der Waals surface area contributed by atoms with Crippen molar-refractivity contribution in [2.75, 3.05) is 44.8 Å². The summed E-state index contributed by atoms with van der Waals surface area (Å²) in [4.78, 5) is 10.8. The maximum Gasteiger partial charge on any atom is 0.356 e. The van der Waals surface area contributed by atoms with E-state index in [0.29, 0.717) is 18.2 Å². The number of anilines is 1. The Kier molecular flexibility index (Phi) is 8.12. The van der Waals surface area contributed by atoms with Crippen LogP contribution in [0.2, 0.25) is 0 Å². The van der Waals surface area contributed by atoms with Crippen LogP contribution in [0.15, 0.2) is 58.4 Å². The maximum atomic E-state index is 10.5. The van der Waals surface area contributed by atoms with Crippen LogP contribution < -0.4 is 31.8 Å². The number of nitrogens with zero attached hydrogens (tertiary/aromatic N) is 2. The largest absolute Gasteiger partial charge is 0.379 e. The first kappa shape index (κ1) is 22.7. The van der Waals surface area contributed by atoms with Crippen LogP contribution >= 0.6 is 11.3 Å². The first-order valence-corrected chi connectivity index (χ1v) is 12.3. The number of nitrogens with two attached hydrogens (primary N) is 1. The molecule has 1 aliphatic heterocycles. The normalized spacial score (nSPS) is 16.1. The molecule has 12 heteroatoms. The Labute approximate surface area is 193 Å². The predicted molar refractivity (Wildman–Crippen MR) is 130 cm³/mol. The fourth-order valence-corrected chi connectivity index (χ4v) is 4.95. The Balaban J connectivity index is 1.32. The van der Waals surface area contributed by atoms with Crippen molar-refractivity contribution in [3.8, 4) is 0 Å². The lowest BCUT2D eigenvalue weighted by Crippen LogP contribution is -2.44. The van der Waals surface area contributed by atoms with Crippen LogP contribution in [0.25, 0.3) is 10.2 Å². The summed E-state index contributed by atoms with van der Waals surface area (Å²) in [6, 6.07) is 15.4. The number of thiazole rings is 1. The molecule has 2 aromatic carbocycles. The Bertz CT molecular complexity index is 1010. The first-order valence-electron chi connectivity index (χ1n) is 10.3. The third-order valence-corrected chi connectivity index (χ3v) is 6.99. The summed E-state index contributed by atoms with van der Waals surface area (Å²) in [6.07, 6.45) is 0. The summed E-state index contributed by atoms with van der Waals surface area (Å²) in [6.45, 7) is 4.97. The van der Waals surface area contributed by atoms with Gasteiger partial charge in [0.15, 0.2) is 0 Å². The number of rotatable bonds is 8. The number of para-hydroxylation sites is 1. The number of guanidine groups is 1. The zero-order chi connectivity index (χ0) is 22.2. The summed E-state index contributed by atoms with van der Waals surface area (Å²) in [5.41, 5.74) is 10.3. The number of aromatic nitrogens is 1. The van der Waals surface area contributed by atoms with Crippen LogP contribution in [-0.2, 0) is 16.1 Å². The minimum atomic E-state index is -1.08. The van der Waals surface area contributed by atoms with Crippen LogP contribution in [0, 0.1) is 0 Å². The number of ether oxygens (including phenoxy) is 1. The van der Waals surface area contributed by atoms with Gasteiger partial charge in [0, 0.05) is 25.7 Å². The number of aliphatic imine (C=N–C) groups is 1. The van der Waals surface area contributed by atoms with Crippen LogP contribution in [0.4, 0.5) is 10.8 Å². The summed E-state index contributed by atoms with van der Waals surface area (Å²) in [5, 5.41) is 0.823. The molecule has 0 aliphatic carbocycles. The molecule has 1 saturated heterocycles. The van der Waals surface area contributed by atoms with Gasteiger partial charge in [-0.15, -0.1) is 4.72 Å². The number of benzene rings is 2. The monoisotopic (exact) mass is 476 g/mol. The van der Waals surface area contributed by atoms with Crippen LogP contribution in [0.5, 0.6) is 0 Å². The lowest BCUT2D eigenvalue weighted by Gasteiger charge is -2.25. The van der Waals surface area contributed by atoms with Gasteiger partial charge in [-0.3, -0.25) is 10.3 Å². The van der Waals surface area contributed by atoms with Gasteiger partial charge < -0.3 is 4.74 Å². The second kappa shape index (κ2) is 11.4. The number of morpholine rings is 1. The van der Waals surface area contributed by atoms with Gasteiger partial charge >= 0.3 is 5.13 Å². The molecule has 8 N–H and O–H groups in total. The molecule has 32 heavy (non-hydrogen) atoms. The Morgan fingerprint density at radius 3 is 2.88 bits per heavy atom. The average Bonchev–Trinajstić information content (AvgIpc) is 3.25. The van der Waals surface area contributed by atoms with Gasteiger partial charge in [0.05, 0.1) is 30.1 Å². The minimum absolute atomic E-state index is 0.339. The quantitative estimate of drug-likeness (QED) is 0.0935. The highest BCUT2D eigenvalue weighted by Crippen LogP contribution is 2.21. The summed E-state index contributed by atoms with van der Waals surface area (Å²) < 4.78 is 20.2. The molecule has 0 saturated carbocycles. The number of fused-ring (bicyclic) bond motifs is 1. The number of nitrogens with one attached hydrogen (secondary N) is 5. The topological polar surface area (TPSA) is 133 Å². The Hall–Kier alpha value is -2.45. The fraction of sp³-hybridized carbons (Fsp3) is 0.300. The smallest absolute Gasteiger partial charge is 0.356 e. The van der Waals surface area contributed by atoms with Gasteiger partial charge in [-0.1, -0.05) is 18.2 Å². The summed E-state index contributed by atoms with van der Waals surface area (Å²) >= 11 is 0.501. The molecule has 1 unspecified atom stereocenters. The molecule has 10 nitrogen and oxygen atoms in total. The van der Waals surface area contributed by atoms with E-state index in [4.69, 9.17) is 10.6 Å². The lowest BCUT2D eigenvalue weighted by atomic mass is 10.3. The van der Waals surface area contributed by atoms with E-state index in [9.17, 15) is 4.55 Å². The number of H-pyrrole nitrogens is 1. The van der Waals surface area contributed by atoms with E-state index in [0.717, 1.165) is 53.1 Å². The lowest BCUT2D eigenvalue weighted by molar-refractivity contribution is -0.322. The van der Waals surface area contributed by atoms with Crippen LogP contribution in [0.3, 0.4) is 0 Å². The van der Waals surface area contributed by atoms with Crippen molar-refractivity contribution < 1.29 is 14.3 Å². The van der Waals surface area contributed by atoms with Gasteiger partial charge in [0.2, 0.25) is 10.9 Å². The molecular weight excluding hydrogens is 448 g/mol. The van der Waals surface area contributed by atoms with Crippen molar-refractivity contribution in [3.63, 3.8) is 0 Å². The molecule has 1 atom stereocenters. The SMILES string of the molecule is NNC(=Nc1cccc([S+](O)NCCN2CCOCC2)c1)NNc1[nH+]c2ccccc2s1. The number of hydrogen-bond acceptors (Lipinski definition) is 8. The van der Waals surface area contributed by atoms with E-state index in [1.54, 1.807) is 11.3 Å². The predicted octanol–water partition coefficient (Wildman–Crippen LogP) is 1.07. The van der Waals surface area contributed by atoms with Crippen molar-refractivity contribution in [2.24, 2.45) is 10.8 Å². The van der Waals surface area contributed by atoms with E-state index >= 15 is 0 Å². The third kappa shape index (κ3) is 6.29. The standard InChI is InChI=1S/C20H27N8O2S2/c21-25-19(26-27-20-24-17-6-1-2-7-18(17)31-20)23-15-4-3-5-16(14-15)32(29)22-8-9-28-10-12-30-13-11-28/h1-7,14,22,29H,8-13,21H2,(H,24,27)(H2,23,25,26)/q+1/p+1. The molecule has 4 rings (SSSR count). The molecule has 3 aromatic rings. The Morgan fingerprint density at radius 2 is 2.06 bits per heavy atom. The van der Waals surface area contributed by atoms with Gasteiger partial charge in [-0.05, 0) is 35.6 Å². The summed E-state index contributed by atoms with van der Waals surface area (Å²) in [7, 11) is 0. The molecule has 2 heterocycles. The van der Waals surface area contributed by atoms with Crippen LogP contribution in [-0.4, -0.2) is 54.8 Å². The van der Waals surface area contributed by atoms with Gasteiger partial charge in [0.25, 0.3) is 11.4 Å². The zero-order valence-corrected chi connectivity index (χ0v) is 19.1. The second-order valence-corrected chi connectivity index (χ2v) is 9.42. The van der Waals surface area contributed by atoms with Crippen molar-refractivity contribution in [2.45, 2.75) is 4.90 Å². The molecule has 1 aromatic heterocycles. The summed E-state index contributed by atoms with van der Waals surface area (Å²) in [5.74, 6) is 5.97. The molecule has 0 radical (unpaired) electrons. The van der Waals surface area contributed by atoms with E-state index in [1.807, 2.05) is 48.5 Å². The molecule has 0 spiro atoms. The van der Waals surface area contributed by atoms with E-state index in [1.165, 1.54) is 0 Å². The van der Waals surface area contributed by atoms with E-state index in [-0.39, 0.29) is 0 Å². The van der Waals surface area contributed by atoms with Gasteiger partial charge in [-0.25, -0.2) is 15.8 Å². The number of hydrazine groups is 2. The maximum absolute atomic E-state index is 10.5. The number of hydrogen-bond donors (Lipinski definition) is 6. The molecule has 1 aliphatic rings. The highest BCUT2D eigenvalue weighted by molar-refractivity contribution is 7.89. The molecule has 170 valence electrons. The first-order chi connectivity index (χ1) is 15.7. The van der Waals surface area contributed by atoms with Gasteiger partial charge in [0.1, 0.15) is 5.52 Å². The molecule has 0 bridgehead atoms.